The Labute approximate surface area is 74.6 Å². The molecule has 0 bridgehead atoms. The third-order valence-electron chi connectivity index (χ3n) is 2.11. The fraction of sp³-hybridized carbons (Fsp3) is 0.455. The SMILES string of the molecule is CC[C@@H](N)c1cc(C)cc(C)c1. The van der Waals surface area contributed by atoms with Crippen molar-refractivity contribution in [3.8, 4) is 0 Å². The number of hydrogen-bond donors (Lipinski definition) is 1. The number of hydrogen-bond acceptors (Lipinski definition) is 1. The molecule has 12 heavy (non-hydrogen) atoms. The Balaban J connectivity index is 3.00. The fourth-order valence-corrected chi connectivity index (χ4v) is 1.46. The van der Waals surface area contributed by atoms with Crippen LogP contribution < -0.4 is 5.73 Å². The van der Waals surface area contributed by atoms with Crippen molar-refractivity contribution in [2.45, 2.75) is 33.2 Å². The van der Waals surface area contributed by atoms with Crippen LogP contribution in [-0.2, 0) is 0 Å². The first-order chi connectivity index (χ1) is 5.63. The molecule has 0 aromatic heterocycles. The van der Waals surface area contributed by atoms with Crippen LogP contribution in [0.3, 0.4) is 0 Å². The summed E-state index contributed by atoms with van der Waals surface area (Å²) in [6.45, 7) is 6.33. The van der Waals surface area contributed by atoms with Crippen LogP contribution in [0.15, 0.2) is 18.2 Å². The van der Waals surface area contributed by atoms with Crippen LogP contribution in [0.25, 0.3) is 0 Å². The lowest BCUT2D eigenvalue weighted by Crippen LogP contribution is -2.08. The zero-order valence-corrected chi connectivity index (χ0v) is 8.09. The van der Waals surface area contributed by atoms with Gasteiger partial charge < -0.3 is 5.73 Å². The summed E-state index contributed by atoms with van der Waals surface area (Å²) in [5, 5.41) is 0. The third kappa shape index (κ3) is 2.08. The maximum absolute atomic E-state index is 5.93. The van der Waals surface area contributed by atoms with Gasteiger partial charge in [0.2, 0.25) is 0 Å². The predicted molar refractivity (Wildman–Crippen MR) is 53.1 cm³/mol. The topological polar surface area (TPSA) is 26.0 Å². The van der Waals surface area contributed by atoms with Crippen LogP contribution >= 0.6 is 0 Å². The van der Waals surface area contributed by atoms with Crippen LogP contribution in [-0.4, -0.2) is 0 Å². The molecule has 0 spiro atoms. The van der Waals surface area contributed by atoms with Crippen molar-refractivity contribution in [3.63, 3.8) is 0 Å². The van der Waals surface area contributed by atoms with Crippen LogP contribution in [0.5, 0.6) is 0 Å². The molecule has 0 saturated heterocycles. The first kappa shape index (κ1) is 9.27. The van der Waals surface area contributed by atoms with Gasteiger partial charge in [0.05, 0.1) is 0 Å². The second-order valence-corrected chi connectivity index (χ2v) is 3.44. The number of aryl methyl sites for hydroxylation is 2. The van der Waals surface area contributed by atoms with E-state index in [0.29, 0.717) is 0 Å². The highest BCUT2D eigenvalue weighted by molar-refractivity contribution is 5.30. The van der Waals surface area contributed by atoms with Crippen LogP contribution in [0.2, 0.25) is 0 Å². The van der Waals surface area contributed by atoms with Crippen molar-refractivity contribution < 1.29 is 0 Å². The van der Waals surface area contributed by atoms with Gasteiger partial charge >= 0.3 is 0 Å². The lowest BCUT2D eigenvalue weighted by Gasteiger charge is -2.10. The van der Waals surface area contributed by atoms with Crippen molar-refractivity contribution in [1.29, 1.82) is 0 Å². The minimum absolute atomic E-state index is 0.198. The van der Waals surface area contributed by atoms with E-state index < -0.39 is 0 Å². The molecular formula is C11H17N. The fourth-order valence-electron chi connectivity index (χ4n) is 1.46. The second kappa shape index (κ2) is 3.72. The molecule has 1 atom stereocenters. The van der Waals surface area contributed by atoms with Crippen molar-refractivity contribution in [3.05, 3.63) is 34.9 Å². The Morgan fingerprint density at radius 3 is 2.08 bits per heavy atom. The zero-order chi connectivity index (χ0) is 9.14. The summed E-state index contributed by atoms with van der Waals surface area (Å²) in [5.74, 6) is 0. The van der Waals surface area contributed by atoms with Gasteiger partial charge in [-0.05, 0) is 25.8 Å². The average Bonchev–Trinajstić information content (AvgIpc) is 2.01. The van der Waals surface area contributed by atoms with Crippen molar-refractivity contribution in [1.82, 2.24) is 0 Å². The molecule has 0 aliphatic carbocycles. The summed E-state index contributed by atoms with van der Waals surface area (Å²) in [6.07, 6.45) is 1.00. The van der Waals surface area contributed by atoms with Gasteiger partial charge in [0.1, 0.15) is 0 Å². The highest BCUT2D eigenvalue weighted by Crippen LogP contribution is 2.16. The quantitative estimate of drug-likeness (QED) is 0.712. The van der Waals surface area contributed by atoms with Crippen LogP contribution in [0, 0.1) is 13.8 Å². The minimum Gasteiger partial charge on any atom is -0.324 e. The average molecular weight is 163 g/mol. The molecule has 0 amide bonds. The lowest BCUT2D eigenvalue weighted by atomic mass is 10.0. The van der Waals surface area contributed by atoms with Gasteiger partial charge in [0.25, 0.3) is 0 Å². The van der Waals surface area contributed by atoms with E-state index in [-0.39, 0.29) is 6.04 Å². The molecule has 0 unspecified atom stereocenters. The predicted octanol–water partition coefficient (Wildman–Crippen LogP) is 2.71. The normalized spacial score (nSPS) is 13.0. The summed E-state index contributed by atoms with van der Waals surface area (Å²) < 4.78 is 0. The van der Waals surface area contributed by atoms with E-state index in [1.165, 1.54) is 16.7 Å². The van der Waals surface area contributed by atoms with Gasteiger partial charge in [-0.3, -0.25) is 0 Å². The summed E-state index contributed by atoms with van der Waals surface area (Å²) in [6, 6.07) is 6.71. The Morgan fingerprint density at radius 2 is 1.67 bits per heavy atom. The largest absolute Gasteiger partial charge is 0.324 e. The highest BCUT2D eigenvalue weighted by Gasteiger charge is 2.03. The molecule has 1 nitrogen and oxygen atoms in total. The van der Waals surface area contributed by atoms with E-state index >= 15 is 0 Å². The van der Waals surface area contributed by atoms with Crippen LogP contribution in [0.4, 0.5) is 0 Å². The highest BCUT2D eigenvalue weighted by atomic mass is 14.6. The molecule has 0 radical (unpaired) electrons. The van der Waals surface area contributed by atoms with Gasteiger partial charge in [0, 0.05) is 6.04 Å². The third-order valence-corrected chi connectivity index (χ3v) is 2.11. The Hall–Kier alpha value is -0.820. The Bertz CT molecular complexity index is 245. The lowest BCUT2D eigenvalue weighted by molar-refractivity contribution is 0.697. The van der Waals surface area contributed by atoms with Crippen molar-refractivity contribution in [2.75, 3.05) is 0 Å². The van der Waals surface area contributed by atoms with Gasteiger partial charge in [-0.2, -0.15) is 0 Å². The van der Waals surface area contributed by atoms with Gasteiger partial charge in [0.15, 0.2) is 0 Å². The van der Waals surface area contributed by atoms with E-state index in [1.807, 2.05) is 0 Å². The molecule has 1 heteroatoms. The molecule has 2 N–H and O–H groups in total. The molecule has 1 rings (SSSR count). The summed E-state index contributed by atoms with van der Waals surface area (Å²) in [4.78, 5) is 0. The Kier molecular flexibility index (Phi) is 2.88. The molecule has 1 aromatic rings. The van der Waals surface area contributed by atoms with Gasteiger partial charge in [-0.15, -0.1) is 0 Å². The monoisotopic (exact) mass is 163 g/mol. The first-order valence-corrected chi connectivity index (χ1v) is 4.47. The number of rotatable bonds is 2. The number of nitrogens with two attached hydrogens (primary N) is 1. The molecular weight excluding hydrogens is 146 g/mol. The smallest absolute Gasteiger partial charge is 0.0292 e. The Morgan fingerprint density at radius 1 is 1.17 bits per heavy atom. The maximum atomic E-state index is 5.93. The zero-order valence-electron chi connectivity index (χ0n) is 8.09. The van der Waals surface area contributed by atoms with E-state index in [9.17, 15) is 0 Å². The van der Waals surface area contributed by atoms with Crippen LogP contribution in [0.1, 0.15) is 36.1 Å². The van der Waals surface area contributed by atoms with E-state index in [1.54, 1.807) is 0 Å². The molecule has 0 aliphatic heterocycles. The van der Waals surface area contributed by atoms with E-state index in [2.05, 4.69) is 39.0 Å². The first-order valence-electron chi connectivity index (χ1n) is 4.47. The summed E-state index contributed by atoms with van der Waals surface area (Å²) in [7, 11) is 0. The summed E-state index contributed by atoms with van der Waals surface area (Å²) in [5.41, 5.74) is 9.79. The maximum Gasteiger partial charge on any atom is 0.0292 e. The van der Waals surface area contributed by atoms with Gasteiger partial charge in [-0.25, -0.2) is 0 Å². The molecule has 0 fully saturated rings. The van der Waals surface area contributed by atoms with E-state index in [4.69, 9.17) is 5.73 Å². The minimum atomic E-state index is 0.198. The molecule has 0 heterocycles. The molecule has 1 aromatic carbocycles. The number of benzene rings is 1. The molecule has 66 valence electrons. The standard InChI is InChI=1S/C11H17N/c1-4-11(12)10-6-8(2)5-9(3)7-10/h5-7,11H,4,12H2,1-3H3/t11-/m1/s1. The molecule has 0 aliphatic rings. The van der Waals surface area contributed by atoms with Gasteiger partial charge in [-0.1, -0.05) is 36.2 Å². The summed E-state index contributed by atoms with van der Waals surface area (Å²) >= 11 is 0. The van der Waals surface area contributed by atoms with Crippen molar-refractivity contribution >= 4 is 0 Å². The molecule has 0 saturated carbocycles. The second-order valence-electron chi connectivity index (χ2n) is 3.44. The van der Waals surface area contributed by atoms with Crippen molar-refractivity contribution in [2.24, 2.45) is 5.73 Å². The van der Waals surface area contributed by atoms with E-state index in [0.717, 1.165) is 6.42 Å².